The molecule has 0 spiro atoms. The van der Waals surface area contributed by atoms with E-state index in [1.807, 2.05) is 21.1 Å². The molecule has 0 aliphatic heterocycles. The van der Waals surface area contributed by atoms with Gasteiger partial charge in [0.1, 0.15) is 6.04 Å². The summed E-state index contributed by atoms with van der Waals surface area (Å²) < 4.78 is 0.338. The molecule has 1 N–H and O–H groups in total. The number of hydrogen-bond donors (Lipinski definition) is 1. The van der Waals surface area contributed by atoms with E-state index in [9.17, 15) is 14.7 Å². The third-order valence-corrected chi connectivity index (χ3v) is 5.85. The van der Waals surface area contributed by atoms with Gasteiger partial charge in [0.05, 0.1) is 27.1 Å². The van der Waals surface area contributed by atoms with E-state index in [4.69, 9.17) is 0 Å². The van der Waals surface area contributed by atoms with Crippen LogP contribution in [0.4, 0.5) is 0 Å². The predicted octanol–water partition coefficient (Wildman–Crippen LogP) is 4.75. The molecule has 5 heteroatoms. The molecule has 0 saturated heterocycles. The van der Waals surface area contributed by atoms with Crippen molar-refractivity contribution >= 4 is 11.9 Å². The van der Waals surface area contributed by atoms with Gasteiger partial charge in [0.2, 0.25) is 5.91 Å². The highest BCUT2D eigenvalue weighted by Crippen LogP contribution is 2.11. The maximum atomic E-state index is 11.9. The minimum absolute atomic E-state index is 0.0767. The van der Waals surface area contributed by atoms with Crippen LogP contribution in [-0.2, 0) is 9.59 Å². The lowest BCUT2D eigenvalue weighted by atomic mass is 10.1. The van der Waals surface area contributed by atoms with E-state index in [2.05, 4.69) is 24.4 Å². The monoisotopic (exact) mass is 438 g/mol. The van der Waals surface area contributed by atoms with Gasteiger partial charge in [0.25, 0.3) is 0 Å². The number of aliphatic carboxylic acids is 1. The summed E-state index contributed by atoms with van der Waals surface area (Å²) in [5.74, 6) is -0.944. The van der Waals surface area contributed by atoms with E-state index >= 15 is 0 Å². The Morgan fingerprint density at radius 2 is 1.32 bits per heavy atom. The van der Waals surface area contributed by atoms with Gasteiger partial charge in [-0.25, -0.2) is 0 Å². The van der Waals surface area contributed by atoms with Crippen LogP contribution >= 0.6 is 0 Å². The predicted molar refractivity (Wildman–Crippen MR) is 129 cm³/mol. The van der Waals surface area contributed by atoms with Crippen LogP contribution < -0.4 is 10.4 Å². The number of allylic oxidation sites excluding steroid dienone is 2. The summed E-state index contributed by atoms with van der Waals surface area (Å²) in [4.78, 5) is 23.1. The largest absolute Gasteiger partial charge is 0.544 e. The number of unbranched alkanes of at least 4 members (excludes halogenated alkanes) is 11. The number of carboxylic acids is 1. The first-order valence-electron chi connectivity index (χ1n) is 12.7. The zero-order valence-electron chi connectivity index (χ0n) is 20.9. The number of nitrogens with one attached hydrogen (secondary N) is 1. The molecule has 1 amide bonds. The van der Waals surface area contributed by atoms with Crippen molar-refractivity contribution in [2.45, 2.75) is 116 Å². The van der Waals surface area contributed by atoms with Crippen LogP contribution in [-0.4, -0.2) is 50.1 Å². The Morgan fingerprint density at radius 3 is 1.84 bits per heavy atom. The number of carbonyl (C=O) groups excluding carboxylic acids is 2. The lowest BCUT2D eigenvalue weighted by Gasteiger charge is -2.34. The van der Waals surface area contributed by atoms with Gasteiger partial charge in [0, 0.05) is 19.4 Å². The zero-order chi connectivity index (χ0) is 23.4. The second kappa shape index (κ2) is 19.3. The quantitative estimate of drug-likeness (QED) is 0.160. The highest BCUT2D eigenvalue weighted by atomic mass is 16.4. The molecule has 0 aliphatic rings. The van der Waals surface area contributed by atoms with Gasteiger partial charge in [-0.05, 0) is 38.5 Å². The summed E-state index contributed by atoms with van der Waals surface area (Å²) in [6.07, 6.45) is 22.7. The van der Waals surface area contributed by atoms with Crippen molar-refractivity contribution in [3.8, 4) is 0 Å². The molecule has 0 aromatic heterocycles. The third-order valence-electron chi connectivity index (χ3n) is 5.85. The molecule has 0 fully saturated rings. The first kappa shape index (κ1) is 29.6. The summed E-state index contributed by atoms with van der Waals surface area (Å²) in [5.41, 5.74) is 0. The molecule has 0 saturated carbocycles. The summed E-state index contributed by atoms with van der Waals surface area (Å²) in [5, 5.41) is 14.1. The van der Waals surface area contributed by atoms with Gasteiger partial charge in [-0.1, -0.05) is 70.4 Å². The molecule has 0 heterocycles. The average Bonchev–Trinajstić information content (AvgIpc) is 2.69. The average molecular weight is 439 g/mol. The first-order valence-corrected chi connectivity index (χ1v) is 12.7. The number of carbonyl (C=O) groups is 2. The summed E-state index contributed by atoms with van der Waals surface area (Å²) >= 11 is 0. The van der Waals surface area contributed by atoms with Gasteiger partial charge >= 0.3 is 0 Å². The van der Waals surface area contributed by atoms with Gasteiger partial charge < -0.3 is 19.7 Å². The Hall–Kier alpha value is -1.36. The number of amides is 1. The van der Waals surface area contributed by atoms with Crippen molar-refractivity contribution in [2.75, 3.05) is 27.7 Å². The van der Waals surface area contributed by atoms with Gasteiger partial charge in [0.15, 0.2) is 0 Å². The normalized spacial score (nSPS) is 12.9. The van der Waals surface area contributed by atoms with Crippen LogP contribution in [0.15, 0.2) is 12.2 Å². The molecule has 1 atom stereocenters. The van der Waals surface area contributed by atoms with Crippen LogP contribution in [0.1, 0.15) is 110 Å². The van der Waals surface area contributed by atoms with Crippen molar-refractivity contribution in [1.29, 1.82) is 0 Å². The number of rotatable bonds is 21. The molecule has 0 aromatic rings. The minimum Gasteiger partial charge on any atom is -0.544 e. The molecule has 0 radical (unpaired) electrons. The van der Waals surface area contributed by atoms with Gasteiger partial charge in [-0.15, -0.1) is 0 Å². The Balaban J connectivity index is 3.48. The molecule has 0 rings (SSSR count). The van der Waals surface area contributed by atoms with Crippen LogP contribution in [0.3, 0.4) is 0 Å². The Kier molecular flexibility index (Phi) is 18.5. The van der Waals surface area contributed by atoms with Gasteiger partial charge in [-0.2, -0.15) is 0 Å². The second-order valence-electron chi connectivity index (χ2n) is 9.78. The van der Waals surface area contributed by atoms with E-state index in [-0.39, 0.29) is 5.91 Å². The molecule has 5 nitrogen and oxygen atoms in total. The van der Waals surface area contributed by atoms with E-state index < -0.39 is 12.0 Å². The summed E-state index contributed by atoms with van der Waals surface area (Å²) in [6.45, 7) is 2.79. The fourth-order valence-electron chi connectivity index (χ4n) is 3.79. The third kappa shape index (κ3) is 19.1. The molecule has 31 heavy (non-hydrogen) atoms. The van der Waals surface area contributed by atoms with Crippen molar-refractivity contribution in [2.24, 2.45) is 0 Å². The number of nitrogens with zero attached hydrogens (tertiary/aromatic N) is 1. The van der Waals surface area contributed by atoms with E-state index in [1.54, 1.807) is 0 Å². The van der Waals surface area contributed by atoms with Gasteiger partial charge in [-0.3, -0.25) is 4.79 Å². The summed E-state index contributed by atoms with van der Waals surface area (Å²) in [7, 11) is 5.56. The maximum absolute atomic E-state index is 11.9. The fourth-order valence-corrected chi connectivity index (χ4v) is 3.79. The van der Waals surface area contributed by atoms with Crippen LogP contribution in [0.25, 0.3) is 0 Å². The number of hydrogen-bond acceptors (Lipinski definition) is 3. The van der Waals surface area contributed by atoms with E-state index in [1.165, 1.54) is 70.6 Å². The molecule has 182 valence electrons. The lowest BCUT2D eigenvalue weighted by molar-refractivity contribution is -0.889. The maximum Gasteiger partial charge on any atom is 0.219 e. The van der Waals surface area contributed by atoms with Crippen molar-refractivity contribution in [3.63, 3.8) is 0 Å². The first-order chi connectivity index (χ1) is 14.8. The fraction of sp³-hybridized carbons (Fsp3) is 0.846. The lowest BCUT2D eigenvalue weighted by Crippen LogP contribution is -2.54. The highest BCUT2D eigenvalue weighted by molar-refractivity contribution is 5.75. The minimum atomic E-state index is -1.02. The number of quaternary nitrogens is 1. The topological polar surface area (TPSA) is 69.2 Å². The Morgan fingerprint density at radius 1 is 0.806 bits per heavy atom. The molecular formula is C26H50N2O3. The van der Waals surface area contributed by atoms with Crippen LogP contribution in [0, 0.1) is 0 Å². The number of carboxylic acid groups (broad SMARTS) is 1. The SMILES string of the molecule is CCCCCCCC/C=C\CCCCCCCC(=O)NCCCC(C(=O)[O-])[N+](C)(C)C. The zero-order valence-corrected chi connectivity index (χ0v) is 20.9. The van der Waals surface area contributed by atoms with Crippen molar-refractivity contribution in [3.05, 3.63) is 12.2 Å². The van der Waals surface area contributed by atoms with Crippen LogP contribution in [0.2, 0.25) is 0 Å². The molecule has 0 aromatic carbocycles. The molecule has 0 aliphatic carbocycles. The van der Waals surface area contributed by atoms with E-state index in [0.717, 1.165) is 12.8 Å². The molecular weight excluding hydrogens is 388 g/mol. The molecule has 1 unspecified atom stereocenters. The van der Waals surface area contributed by atoms with Crippen molar-refractivity contribution in [1.82, 2.24) is 5.32 Å². The number of likely N-dealkylation sites (N-methyl/N-ethyl adjacent to an activating group) is 1. The summed E-state index contributed by atoms with van der Waals surface area (Å²) in [6, 6.07) is -0.540. The Labute approximate surface area is 192 Å². The highest BCUT2D eigenvalue weighted by Gasteiger charge is 2.24. The second-order valence-corrected chi connectivity index (χ2v) is 9.78. The smallest absolute Gasteiger partial charge is 0.219 e. The van der Waals surface area contributed by atoms with E-state index in [0.29, 0.717) is 30.3 Å². The Bertz CT molecular complexity index is 484. The van der Waals surface area contributed by atoms with Crippen LogP contribution in [0.5, 0.6) is 0 Å². The van der Waals surface area contributed by atoms with Crippen molar-refractivity contribution < 1.29 is 19.2 Å². The molecule has 0 bridgehead atoms. The standard InChI is InChI=1S/C26H50N2O3/c1-5-6-7-8-9-10-11-12-13-14-15-16-17-18-19-22-25(29)27-23-20-21-24(26(30)31)28(2,3)4/h12-13,24H,5-11,14-23H2,1-4H3,(H-,27,29,30,31)/b13-12-.